The van der Waals surface area contributed by atoms with E-state index in [0.717, 1.165) is 52.4 Å². The standard InChI is InChI=1S/C21H16FNO/c22-16-11-9-14(10-12-16)20-17-4-1-2-6-19(17)23-21(15-7-8-15)18(20)5-3-13-24/h1-6,9-13,15H,7-8H2/b5-3-. The summed E-state index contributed by atoms with van der Waals surface area (Å²) in [6.07, 6.45) is 6.36. The average Bonchev–Trinajstić information content (AvgIpc) is 3.44. The van der Waals surface area contributed by atoms with E-state index in [1.165, 1.54) is 18.2 Å². The molecule has 1 aromatic heterocycles. The number of benzene rings is 2. The molecule has 0 radical (unpaired) electrons. The Morgan fingerprint density at radius 1 is 1.04 bits per heavy atom. The summed E-state index contributed by atoms with van der Waals surface area (Å²) in [4.78, 5) is 15.7. The van der Waals surface area contributed by atoms with Gasteiger partial charge in [0.05, 0.1) is 11.2 Å². The lowest BCUT2D eigenvalue weighted by Gasteiger charge is -2.15. The number of allylic oxidation sites excluding steroid dienone is 1. The Bertz CT molecular complexity index is 940. The second kappa shape index (κ2) is 6.00. The van der Waals surface area contributed by atoms with Gasteiger partial charge >= 0.3 is 0 Å². The molecule has 0 atom stereocenters. The van der Waals surface area contributed by atoms with Gasteiger partial charge < -0.3 is 0 Å². The maximum absolute atomic E-state index is 13.4. The first-order chi connectivity index (χ1) is 11.8. The van der Waals surface area contributed by atoms with Crippen LogP contribution < -0.4 is 0 Å². The minimum absolute atomic E-state index is 0.260. The van der Waals surface area contributed by atoms with Crippen LogP contribution in [0, 0.1) is 5.82 Å². The van der Waals surface area contributed by atoms with Crippen LogP contribution in [0.15, 0.2) is 54.6 Å². The van der Waals surface area contributed by atoms with Gasteiger partial charge in [-0.15, -0.1) is 0 Å². The van der Waals surface area contributed by atoms with E-state index in [9.17, 15) is 9.18 Å². The molecule has 0 N–H and O–H groups in total. The van der Waals surface area contributed by atoms with Crippen LogP contribution in [0.5, 0.6) is 0 Å². The normalized spacial score (nSPS) is 14.4. The number of hydrogen-bond donors (Lipinski definition) is 0. The first kappa shape index (κ1) is 14.8. The monoisotopic (exact) mass is 317 g/mol. The quantitative estimate of drug-likeness (QED) is 0.493. The minimum Gasteiger partial charge on any atom is -0.299 e. The summed E-state index contributed by atoms with van der Waals surface area (Å²) in [6, 6.07) is 14.5. The van der Waals surface area contributed by atoms with E-state index in [1.807, 2.05) is 30.3 Å². The predicted molar refractivity (Wildman–Crippen MR) is 94.2 cm³/mol. The van der Waals surface area contributed by atoms with Gasteiger partial charge in [-0.3, -0.25) is 9.78 Å². The van der Waals surface area contributed by atoms with E-state index in [-0.39, 0.29) is 5.82 Å². The minimum atomic E-state index is -0.260. The third kappa shape index (κ3) is 2.62. The fourth-order valence-corrected chi connectivity index (χ4v) is 3.15. The summed E-state index contributed by atoms with van der Waals surface area (Å²) >= 11 is 0. The fourth-order valence-electron chi connectivity index (χ4n) is 3.15. The Kier molecular flexibility index (Phi) is 3.69. The molecular formula is C21H16FNO. The number of hydrogen-bond acceptors (Lipinski definition) is 2. The molecule has 1 saturated carbocycles. The van der Waals surface area contributed by atoms with Gasteiger partial charge in [-0.1, -0.05) is 30.3 Å². The largest absolute Gasteiger partial charge is 0.299 e. The van der Waals surface area contributed by atoms with Crippen LogP contribution in [-0.4, -0.2) is 11.3 Å². The van der Waals surface area contributed by atoms with Crippen molar-refractivity contribution in [1.82, 2.24) is 4.98 Å². The lowest BCUT2D eigenvalue weighted by atomic mass is 9.92. The summed E-state index contributed by atoms with van der Waals surface area (Å²) in [6.45, 7) is 0. The number of rotatable bonds is 4. The van der Waals surface area contributed by atoms with Crippen molar-refractivity contribution < 1.29 is 9.18 Å². The van der Waals surface area contributed by atoms with E-state index < -0.39 is 0 Å². The van der Waals surface area contributed by atoms with E-state index in [1.54, 1.807) is 12.1 Å². The highest BCUT2D eigenvalue weighted by atomic mass is 19.1. The van der Waals surface area contributed by atoms with Crippen LogP contribution in [0.2, 0.25) is 0 Å². The van der Waals surface area contributed by atoms with Crippen molar-refractivity contribution in [3.63, 3.8) is 0 Å². The zero-order valence-electron chi connectivity index (χ0n) is 13.1. The SMILES string of the molecule is O=C/C=C\c1c(C2CC2)nc2ccccc2c1-c1ccc(F)cc1. The highest BCUT2D eigenvalue weighted by Gasteiger charge is 2.29. The fraction of sp³-hybridized carbons (Fsp3) is 0.143. The Balaban J connectivity index is 2.08. The van der Waals surface area contributed by atoms with Crippen LogP contribution in [0.1, 0.15) is 30.0 Å². The maximum atomic E-state index is 13.4. The zero-order chi connectivity index (χ0) is 16.5. The molecule has 1 aliphatic rings. The van der Waals surface area contributed by atoms with Gasteiger partial charge in [-0.25, -0.2) is 4.39 Å². The number of halogens is 1. The second-order valence-electron chi connectivity index (χ2n) is 6.08. The molecule has 4 rings (SSSR count). The summed E-state index contributed by atoms with van der Waals surface area (Å²) in [7, 11) is 0. The summed E-state index contributed by atoms with van der Waals surface area (Å²) in [5.41, 5.74) is 4.88. The third-order valence-corrected chi connectivity index (χ3v) is 4.40. The van der Waals surface area contributed by atoms with Gasteiger partial charge in [0.1, 0.15) is 12.1 Å². The molecule has 3 aromatic rings. The number of aldehydes is 1. The highest BCUT2D eigenvalue weighted by molar-refractivity contribution is 6.00. The molecule has 2 nitrogen and oxygen atoms in total. The number of para-hydroxylation sites is 1. The van der Waals surface area contributed by atoms with Crippen molar-refractivity contribution >= 4 is 23.3 Å². The van der Waals surface area contributed by atoms with Crippen molar-refractivity contribution in [2.24, 2.45) is 0 Å². The zero-order valence-corrected chi connectivity index (χ0v) is 13.1. The van der Waals surface area contributed by atoms with Gasteiger partial charge in [0.25, 0.3) is 0 Å². The molecule has 118 valence electrons. The number of carbonyl (C=O) groups excluding carboxylic acids is 1. The van der Waals surface area contributed by atoms with E-state index >= 15 is 0 Å². The van der Waals surface area contributed by atoms with Crippen molar-refractivity contribution in [2.45, 2.75) is 18.8 Å². The first-order valence-corrected chi connectivity index (χ1v) is 8.08. The van der Waals surface area contributed by atoms with Gasteiger partial charge in [0.15, 0.2) is 0 Å². The van der Waals surface area contributed by atoms with Crippen LogP contribution >= 0.6 is 0 Å². The smallest absolute Gasteiger partial charge is 0.142 e. The first-order valence-electron chi connectivity index (χ1n) is 8.08. The van der Waals surface area contributed by atoms with Crippen LogP contribution in [0.3, 0.4) is 0 Å². The summed E-state index contributed by atoms with van der Waals surface area (Å²) in [5, 5.41) is 1.01. The molecule has 2 aromatic carbocycles. The Morgan fingerprint density at radius 2 is 1.79 bits per heavy atom. The molecule has 0 bridgehead atoms. The molecule has 24 heavy (non-hydrogen) atoms. The van der Waals surface area contributed by atoms with Crippen molar-refractivity contribution in [3.8, 4) is 11.1 Å². The van der Waals surface area contributed by atoms with Gasteiger partial charge in [0.2, 0.25) is 0 Å². The number of nitrogens with zero attached hydrogens (tertiary/aromatic N) is 1. The predicted octanol–water partition coefficient (Wildman–Crippen LogP) is 5.13. The molecule has 0 aliphatic heterocycles. The van der Waals surface area contributed by atoms with E-state index in [2.05, 4.69) is 0 Å². The van der Waals surface area contributed by atoms with Crippen LogP contribution in [0.4, 0.5) is 4.39 Å². The van der Waals surface area contributed by atoms with Crippen molar-refractivity contribution in [1.29, 1.82) is 0 Å². The van der Waals surface area contributed by atoms with Gasteiger partial charge in [-0.2, -0.15) is 0 Å². The molecule has 0 saturated heterocycles. The van der Waals surface area contributed by atoms with Crippen LogP contribution in [-0.2, 0) is 4.79 Å². The molecule has 1 heterocycles. The average molecular weight is 317 g/mol. The number of aromatic nitrogens is 1. The molecule has 3 heteroatoms. The van der Waals surface area contributed by atoms with E-state index in [4.69, 9.17) is 4.98 Å². The van der Waals surface area contributed by atoms with E-state index in [0.29, 0.717) is 5.92 Å². The molecule has 1 aliphatic carbocycles. The van der Waals surface area contributed by atoms with Crippen molar-refractivity contribution in [3.05, 3.63) is 71.7 Å². The maximum Gasteiger partial charge on any atom is 0.142 e. The number of carbonyl (C=O) groups is 1. The van der Waals surface area contributed by atoms with Crippen molar-refractivity contribution in [2.75, 3.05) is 0 Å². The topological polar surface area (TPSA) is 30.0 Å². The highest BCUT2D eigenvalue weighted by Crippen LogP contribution is 2.45. The summed E-state index contributed by atoms with van der Waals surface area (Å²) in [5.74, 6) is 0.185. The molecule has 0 unspecified atom stereocenters. The molecule has 1 fully saturated rings. The number of fused-ring (bicyclic) bond motifs is 1. The summed E-state index contributed by atoms with van der Waals surface area (Å²) < 4.78 is 13.4. The van der Waals surface area contributed by atoms with Crippen LogP contribution in [0.25, 0.3) is 28.1 Å². The molecular weight excluding hydrogens is 301 g/mol. The lowest BCUT2D eigenvalue weighted by molar-refractivity contribution is -0.104. The second-order valence-corrected chi connectivity index (χ2v) is 6.08. The Labute approximate surface area is 139 Å². The third-order valence-electron chi connectivity index (χ3n) is 4.40. The molecule has 0 spiro atoms. The lowest BCUT2D eigenvalue weighted by Crippen LogP contribution is -1.98. The molecule has 0 amide bonds. The van der Waals surface area contributed by atoms with Gasteiger partial charge in [-0.05, 0) is 48.8 Å². The van der Waals surface area contributed by atoms with Gasteiger partial charge in [0, 0.05) is 22.4 Å². The Morgan fingerprint density at radius 3 is 2.50 bits per heavy atom. The number of pyridine rings is 1. The Hall–Kier alpha value is -2.81.